The molecule has 28 heavy (non-hydrogen) atoms. The molecule has 0 aliphatic carbocycles. The first kappa shape index (κ1) is 20.6. The van der Waals surface area contributed by atoms with Gasteiger partial charge in [-0.25, -0.2) is 0 Å². The zero-order valence-electron chi connectivity index (χ0n) is 13.5. The Morgan fingerprint density at radius 2 is 1.96 bits per heavy atom. The highest BCUT2D eigenvalue weighted by Gasteiger charge is 2.19. The molecule has 3 rings (SSSR count). The van der Waals surface area contributed by atoms with E-state index in [4.69, 9.17) is 27.9 Å². The molecule has 1 heterocycles. The molecule has 1 aromatic heterocycles. The van der Waals surface area contributed by atoms with Crippen LogP contribution < -0.4 is 10.1 Å². The second-order valence-corrected chi connectivity index (χ2v) is 7.73. The first-order chi connectivity index (χ1) is 13.2. The van der Waals surface area contributed by atoms with Gasteiger partial charge >= 0.3 is 0 Å². The number of non-ortho nitro benzene ring substituents is 1. The maximum absolute atomic E-state index is 12.4. The number of aromatic nitrogens is 2. The Bertz CT molecular complexity index is 1090. The molecule has 0 radical (unpaired) electrons. The molecule has 0 aliphatic rings. The van der Waals surface area contributed by atoms with Crippen molar-refractivity contribution in [3.05, 3.63) is 71.3 Å². The summed E-state index contributed by atoms with van der Waals surface area (Å²) in [4.78, 5) is 23.0. The smallest absolute Gasteiger partial charge is 0.277 e. The number of nitro groups is 1. The van der Waals surface area contributed by atoms with Crippen LogP contribution in [0.5, 0.6) is 11.5 Å². The maximum Gasteiger partial charge on any atom is 0.277 e. The number of aromatic amines is 1. The molecule has 0 atom stereocenters. The van der Waals surface area contributed by atoms with E-state index in [2.05, 4.69) is 47.4 Å². The Kier molecular flexibility index (Phi) is 6.23. The number of nitrogens with one attached hydrogen (secondary N) is 2. The number of halogens is 4. The van der Waals surface area contributed by atoms with E-state index in [1.807, 2.05) is 0 Å². The van der Waals surface area contributed by atoms with Crippen LogP contribution >= 0.6 is 55.1 Å². The summed E-state index contributed by atoms with van der Waals surface area (Å²) in [7, 11) is 0. The van der Waals surface area contributed by atoms with Crippen molar-refractivity contribution < 1.29 is 14.5 Å². The lowest BCUT2D eigenvalue weighted by Crippen LogP contribution is -2.13. The van der Waals surface area contributed by atoms with Crippen LogP contribution in [0.2, 0.25) is 10.0 Å². The third-order valence-electron chi connectivity index (χ3n) is 3.36. The number of hydrogen-bond donors (Lipinski definition) is 2. The lowest BCUT2D eigenvalue weighted by molar-refractivity contribution is -0.384. The number of carbonyl (C=O) groups excluding carboxylic acids is 1. The number of nitrogens with zero attached hydrogens (tertiary/aromatic N) is 2. The molecule has 0 unspecified atom stereocenters. The van der Waals surface area contributed by atoms with Crippen LogP contribution in [-0.2, 0) is 0 Å². The van der Waals surface area contributed by atoms with Crippen LogP contribution in [0.15, 0.2) is 45.5 Å². The number of ether oxygens (including phenoxy) is 1. The summed E-state index contributed by atoms with van der Waals surface area (Å²) in [5, 5.41) is 20.9. The molecule has 8 nitrogen and oxygen atoms in total. The van der Waals surface area contributed by atoms with E-state index in [0.717, 1.165) is 0 Å². The molecule has 2 aromatic carbocycles. The van der Waals surface area contributed by atoms with Crippen molar-refractivity contribution in [2.45, 2.75) is 0 Å². The third-order valence-corrected chi connectivity index (χ3v) is 5.77. The van der Waals surface area contributed by atoms with Crippen LogP contribution in [0, 0.1) is 10.1 Å². The van der Waals surface area contributed by atoms with Crippen LogP contribution in [0.4, 0.5) is 11.4 Å². The number of hydrogen-bond acceptors (Lipinski definition) is 5. The van der Waals surface area contributed by atoms with Crippen LogP contribution in [0.3, 0.4) is 0 Å². The van der Waals surface area contributed by atoms with E-state index in [9.17, 15) is 14.9 Å². The summed E-state index contributed by atoms with van der Waals surface area (Å²) >= 11 is 18.3. The largest absolute Gasteiger partial charge is 0.455 e. The minimum atomic E-state index is -0.604. The predicted octanol–water partition coefficient (Wildman–Crippen LogP) is 6.19. The van der Waals surface area contributed by atoms with Gasteiger partial charge in [-0.1, -0.05) is 23.2 Å². The van der Waals surface area contributed by atoms with Gasteiger partial charge in [0.1, 0.15) is 16.1 Å². The van der Waals surface area contributed by atoms with Crippen molar-refractivity contribution in [2.24, 2.45) is 0 Å². The van der Waals surface area contributed by atoms with Gasteiger partial charge in [0.2, 0.25) is 0 Å². The summed E-state index contributed by atoms with van der Waals surface area (Å²) in [6.45, 7) is 0. The van der Waals surface area contributed by atoms with E-state index in [-0.39, 0.29) is 33.6 Å². The summed E-state index contributed by atoms with van der Waals surface area (Å²) in [6.07, 6.45) is 0. The highest BCUT2D eigenvalue weighted by molar-refractivity contribution is 9.13. The highest BCUT2D eigenvalue weighted by atomic mass is 79.9. The van der Waals surface area contributed by atoms with Crippen LogP contribution in [0.25, 0.3) is 0 Å². The number of rotatable bonds is 5. The fourth-order valence-electron chi connectivity index (χ4n) is 2.15. The zero-order valence-corrected chi connectivity index (χ0v) is 18.2. The van der Waals surface area contributed by atoms with Crippen molar-refractivity contribution in [1.82, 2.24) is 10.2 Å². The molecule has 144 valence electrons. The van der Waals surface area contributed by atoms with Gasteiger partial charge in [-0.3, -0.25) is 20.0 Å². The van der Waals surface area contributed by atoms with Crippen molar-refractivity contribution in [1.29, 1.82) is 0 Å². The van der Waals surface area contributed by atoms with Gasteiger partial charge < -0.3 is 10.1 Å². The molecule has 0 aliphatic heterocycles. The average molecular weight is 551 g/mol. The highest BCUT2D eigenvalue weighted by Crippen LogP contribution is 2.35. The Labute approximate surface area is 184 Å². The first-order valence-electron chi connectivity index (χ1n) is 7.37. The first-order valence-corrected chi connectivity index (χ1v) is 9.72. The van der Waals surface area contributed by atoms with Gasteiger partial charge in [0, 0.05) is 17.2 Å². The minimum Gasteiger partial charge on any atom is -0.455 e. The van der Waals surface area contributed by atoms with Crippen molar-refractivity contribution >= 4 is 72.3 Å². The molecule has 3 aromatic rings. The molecular weight excluding hydrogens is 543 g/mol. The van der Waals surface area contributed by atoms with Crippen LogP contribution in [-0.4, -0.2) is 21.0 Å². The topological polar surface area (TPSA) is 110 Å². The minimum absolute atomic E-state index is 0.0709. The molecule has 0 bridgehead atoms. The number of nitro benzene ring substituents is 1. The predicted molar refractivity (Wildman–Crippen MR) is 112 cm³/mol. The number of anilines is 1. The van der Waals surface area contributed by atoms with E-state index in [0.29, 0.717) is 14.1 Å². The average Bonchev–Trinajstić information content (AvgIpc) is 2.96. The molecule has 0 saturated carbocycles. The Morgan fingerprint density at radius 3 is 2.57 bits per heavy atom. The SMILES string of the molecule is O=C(Nc1cc(Oc2ccc(Cl)cc2Cl)cc([N+](=O)[O-])c1)c1n[nH]c(Br)c1Br. The van der Waals surface area contributed by atoms with Crippen molar-refractivity contribution in [3.8, 4) is 11.5 Å². The van der Waals surface area contributed by atoms with Crippen molar-refractivity contribution in [2.75, 3.05) is 5.32 Å². The second-order valence-electron chi connectivity index (χ2n) is 5.30. The Morgan fingerprint density at radius 1 is 1.21 bits per heavy atom. The van der Waals surface area contributed by atoms with Gasteiger partial charge in [0.15, 0.2) is 5.69 Å². The molecule has 1 amide bonds. The second kappa shape index (κ2) is 8.48. The molecule has 12 heteroatoms. The fourth-order valence-corrected chi connectivity index (χ4v) is 3.23. The molecule has 0 fully saturated rings. The van der Waals surface area contributed by atoms with E-state index in [1.165, 1.54) is 30.3 Å². The Balaban J connectivity index is 1.92. The van der Waals surface area contributed by atoms with Gasteiger partial charge in [0.05, 0.1) is 26.2 Å². The Hall–Kier alpha value is -2.14. The summed E-state index contributed by atoms with van der Waals surface area (Å²) in [5.41, 5.74) is -0.0629. The van der Waals surface area contributed by atoms with Gasteiger partial charge in [-0.2, -0.15) is 5.10 Å². The molecule has 2 N–H and O–H groups in total. The normalized spacial score (nSPS) is 10.6. The number of carbonyl (C=O) groups is 1. The summed E-state index contributed by atoms with van der Waals surface area (Å²) < 4.78 is 6.53. The third kappa shape index (κ3) is 4.64. The standard InChI is InChI=1S/C16H8Br2Cl2N4O4/c17-13-14(22-23-15(13)18)16(25)21-8-4-9(24(26)27)6-10(5-8)28-12-2-1-7(19)3-11(12)20/h1-6H,(H,21,25)(H,22,23). The lowest BCUT2D eigenvalue weighted by atomic mass is 10.2. The number of H-pyrrole nitrogens is 1. The summed E-state index contributed by atoms with van der Waals surface area (Å²) in [5.74, 6) is -0.219. The molecular formula is C16H8Br2Cl2N4O4. The van der Waals surface area contributed by atoms with Crippen LogP contribution in [0.1, 0.15) is 10.5 Å². The van der Waals surface area contributed by atoms with Gasteiger partial charge in [-0.05, 0) is 50.1 Å². The monoisotopic (exact) mass is 548 g/mol. The molecule has 0 spiro atoms. The maximum atomic E-state index is 12.4. The van der Waals surface area contributed by atoms with Crippen molar-refractivity contribution in [3.63, 3.8) is 0 Å². The lowest BCUT2D eigenvalue weighted by Gasteiger charge is -2.10. The van der Waals surface area contributed by atoms with E-state index in [1.54, 1.807) is 6.07 Å². The molecule has 0 saturated heterocycles. The quantitative estimate of drug-likeness (QED) is 0.290. The number of benzene rings is 2. The summed E-state index contributed by atoms with van der Waals surface area (Å²) in [6, 6.07) is 8.40. The van der Waals surface area contributed by atoms with E-state index >= 15 is 0 Å². The fraction of sp³-hybridized carbons (Fsp3) is 0. The number of amides is 1. The van der Waals surface area contributed by atoms with Gasteiger partial charge in [0.25, 0.3) is 11.6 Å². The van der Waals surface area contributed by atoms with E-state index < -0.39 is 10.8 Å². The van der Waals surface area contributed by atoms with Gasteiger partial charge in [-0.15, -0.1) is 0 Å². The zero-order chi connectivity index (χ0) is 20.4.